The quantitative estimate of drug-likeness (QED) is 0.334. The first-order valence-electron chi connectivity index (χ1n) is 4.95. The molecule has 0 amide bonds. The number of rotatable bonds is 4. The summed E-state index contributed by atoms with van der Waals surface area (Å²) >= 11 is 0. The van der Waals surface area contributed by atoms with E-state index < -0.39 is 0 Å². The topological polar surface area (TPSA) is 45.6 Å². The average Bonchev–Trinajstić information content (AvgIpc) is 2.26. The van der Waals surface area contributed by atoms with Crippen LogP contribution in [0.25, 0.3) is 0 Å². The van der Waals surface area contributed by atoms with Crippen molar-refractivity contribution < 1.29 is 4.79 Å². The number of carbonyl (C=O) groups is 1. The van der Waals surface area contributed by atoms with E-state index in [0.717, 1.165) is 5.71 Å². The smallest absolute Gasteiger partial charge is 0.204 e. The summed E-state index contributed by atoms with van der Waals surface area (Å²) < 4.78 is 0. The van der Waals surface area contributed by atoms with Crippen molar-refractivity contribution in [3.63, 3.8) is 0 Å². The molecule has 1 aromatic heterocycles. The molecule has 0 aromatic carbocycles. The molecule has 0 spiro atoms. The number of hydrogen-bond donors (Lipinski definition) is 0. The summed E-state index contributed by atoms with van der Waals surface area (Å²) in [5, 5.41) is 5.82. The first kappa shape index (κ1) is 12.1. The summed E-state index contributed by atoms with van der Waals surface area (Å²) in [7, 11) is 3.66. The van der Waals surface area contributed by atoms with Crippen molar-refractivity contribution in [2.75, 3.05) is 14.1 Å². The summed E-state index contributed by atoms with van der Waals surface area (Å²) in [6.45, 7) is 1.84. The van der Waals surface area contributed by atoms with Crippen LogP contribution in [0.4, 0.5) is 0 Å². The minimum Gasteiger partial charge on any atom is -0.303 e. The van der Waals surface area contributed by atoms with Gasteiger partial charge in [0, 0.05) is 20.3 Å². The number of ketones is 1. The molecule has 0 atom stereocenters. The average molecular weight is 217 g/mol. The normalized spacial score (nSPS) is 11.8. The van der Waals surface area contributed by atoms with Crippen molar-refractivity contribution in [2.24, 2.45) is 5.10 Å². The Kier molecular flexibility index (Phi) is 4.39. The van der Waals surface area contributed by atoms with E-state index in [1.54, 1.807) is 35.5 Å². The highest BCUT2D eigenvalue weighted by Crippen LogP contribution is 1.96. The molecule has 0 saturated heterocycles. The van der Waals surface area contributed by atoms with E-state index in [-0.39, 0.29) is 5.78 Å². The van der Waals surface area contributed by atoms with Gasteiger partial charge in [-0.3, -0.25) is 9.78 Å². The second-order valence-electron chi connectivity index (χ2n) is 3.50. The van der Waals surface area contributed by atoms with Crippen molar-refractivity contribution >= 4 is 11.5 Å². The standard InChI is InChI=1S/C12H15N3O/c1-10(14-15(2)3)7-8-12(16)11-6-4-5-9-13-11/h4-9H,1-3H3. The first-order chi connectivity index (χ1) is 7.59. The van der Waals surface area contributed by atoms with Crippen molar-refractivity contribution in [1.82, 2.24) is 9.99 Å². The minimum atomic E-state index is -0.117. The number of hydrogen-bond acceptors (Lipinski definition) is 4. The second-order valence-corrected chi connectivity index (χ2v) is 3.50. The van der Waals surface area contributed by atoms with Crippen LogP contribution < -0.4 is 0 Å². The van der Waals surface area contributed by atoms with Gasteiger partial charge in [0.15, 0.2) is 0 Å². The molecule has 0 bridgehead atoms. The lowest BCUT2D eigenvalue weighted by molar-refractivity contribution is 0.104. The summed E-state index contributed by atoms with van der Waals surface area (Å²) in [6.07, 6.45) is 4.75. The first-order valence-corrected chi connectivity index (χ1v) is 4.95. The molecule has 16 heavy (non-hydrogen) atoms. The van der Waals surface area contributed by atoms with Crippen molar-refractivity contribution in [3.8, 4) is 0 Å². The molecule has 0 aliphatic rings. The fourth-order valence-electron chi connectivity index (χ4n) is 1.14. The molecule has 1 heterocycles. The number of hydrazone groups is 1. The van der Waals surface area contributed by atoms with Crippen LogP contribution in [0.15, 0.2) is 41.6 Å². The Morgan fingerprint density at radius 2 is 2.12 bits per heavy atom. The molecule has 0 unspecified atom stereocenters. The molecule has 1 rings (SSSR count). The zero-order valence-electron chi connectivity index (χ0n) is 9.71. The molecule has 0 aliphatic carbocycles. The Morgan fingerprint density at radius 3 is 2.69 bits per heavy atom. The third kappa shape index (κ3) is 4.04. The van der Waals surface area contributed by atoms with Gasteiger partial charge >= 0.3 is 0 Å². The van der Waals surface area contributed by atoms with Gasteiger partial charge in [0.2, 0.25) is 5.78 Å². The van der Waals surface area contributed by atoms with Gasteiger partial charge in [-0.05, 0) is 31.2 Å². The molecule has 0 saturated carbocycles. The molecule has 0 radical (unpaired) electrons. The van der Waals surface area contributed by atoms with Gasteiger partial charge in [-0.1, -0.05) is 6.07 Å². The zero-order valence-corrected chi connectivity index (χ0v) is 9.71. The fraction of sp³-hybridized carbons (Fsp3) is 0.250. The SMILES string of the molecule is CC(C=CC(=O)c1ccccn1)=NN(C)C. The molecular formula is C12H15N3O. The number of allylic oxidation sites excluding steroid dienone is 2. The Labute approximate surface area is 95.3 Å². The zero-order chi connectivity index (χ0) is 12.0. The van der Waals surface area contributed by atoms with Crippen molar-refractivity contribution in [3.05, 3.63) is 42.2 Å². The second kappa shape index (κ2) is 5.80. The van der Waals surface area contributed by atoms with Crippen LogP contribution in [0.3, 0.4) is 0 Å². The molecule has 4 heteroatoms. The molecule has 0 N–H and O–H groups in total. The maximum Gasteiger partial charge on any atom is 0.204 e. The van der Waals surface area contributed by atoms with Crippen LogP contribution in [0.2, 0.25) is 0 Å². The number of aromatic nitrogens is 1. The maximum absolute atomic E-state index is 11.6. The van der Waals surface area contributed by atoms with Crippen LogP contribution >= 0.6 is 0 Å². The Balaban J connectivity index is 2.69. The fourth-order valence-corrected chi connectivity index (χ4v) is 1.14. The van der Waals surface area contributed by atoms with Gasteiger partial charge in [-0.15, -0.1) is 0 Å². The number of nitrogens with zero attached hydrogens (tertiary/aromatic N) is 3. The van der Waals surface area contributed by atoms with Crippen LogP contribution in [0.5, 0.6) is 0 Å². The van der Waals surface area contributed by atoms with Crippen LogP contribution in [-0.2, 0) is 0 Å². The van der Waals surface area contributed by atoms with E-state index in [1.165, 1.54) is 6.08 Å². The third-order valence-electron chi connectivity index (χ3n) is 1.75. The summed E-state index contributed by atoms with van der Waals surface area (Å²) in [5.41, 5.74) is 1.21. The van der Waals surface area contributed by atoms with Crippen LogP contribution in [0, 0.1) is 0 Å². The van der Waals surface area contributed by atoms with E-state index in [4.69, 9.17) is 0 Å². The van der Waals surface area contributed by atoms with Crippen molar-refractivity contribution in [1.29, 1.82) is 0 Å². The lowest BCUT2D eigenvalue weighted by Crippen LogP contribution is -2.05. The minimum absolute atomic E-state index is 0.117. The third-order valence-corrected chi connectivity index (χ3v) is 1.75. The van der Waals surface area contributed by atoms with E-state index in [2.05, 4.69) is 10.1 Å². The van der Waals surface area contributed by atoms with Crippen molar-refractivity contribution in [2.45, 2.75) is 6.92 Å². The number of pyridine rings is 1. The molecule has 4 nitrogen and oxygen atoms in total. The summed E-state index contributed by atoms with van der Waals surface area (Å²) in [5.74, 6) is -0.117. The van der Waals surface area contributed by atoms with E-state index >= 15 is 0 Å². The van der Waals surface area contributed by atoms with Gasteiger partial charge in [-0.25, -0.2) is 0 Å². The lowest BCUT2D eigenvalue weighted by Gasteiger charge is -2.03. The predicted molar refractivity (Wildman–Crippen MR) is 64.5 cm³/mol. The predicted octanol–water partition coefficient (Wildman–Crippen LogP) is 1.76. The number of carbonyl (C=O) groups excluding carboxylic acids is 1. The Morgan fingerprint density at radius 1 is 1.38 bits per heavy atom. The largest absolute Gasteiger partial charge is 0.303 e. The maximum atomic E-state index is 11.6. The molecule has 1 aromatic rings. The van der Waals surface area contributed by atoms with Gasteiger partial charge in [0.05, 0.1) is 5.71 Å². The Hall–Kier alpha value is -1.97. The van der Waals surface area contributed by atoms with Crippen LogP contribution in [0.1, 0.15) is 17.4 Å². The van der Waals surface area contributed by atoms with Gasteiger partial charge in [0.1, 0.15) is 5.69 Å². The van der Waals surface area contributed by atoms with Gasteiger partial charge in [0.25, 0.3) is 0 Å². The van der Waals surface area contributed by atoms with E-state index in [1.807, 2.05) is 21.0 Å². The van der Waals surface area contributed by atoms with E-state index in [9.17, 15) is 4.79 Å². The molecular weight excluding hydrogens is 202 g/mol. The molecule has 0 fully saturated rings. The molecule has 0 aliphatic heterocycles. The van der Waals surface area contributed by atoms with E-state index in [0.29, 0.717) is 5.69 Å². The lowest BCUT2D eigenvalue weighted by atomic mass is 10.2. The monoisotopic (exact) mass is 217 g/mol. The Bertz CT molecular complexity index is 408. The highest BCUT2D eigenvalue weighted by molar-refractivity contribution is 6.07. The highest BCUT2D eigenvalue weighted by atomic mass is 16.1. The summed E-state index contributed by atoms with van der Waals surface area (Å²) in [4.78, 5) is 15.6. The highest BCUT2D eigenvalue weighted by Gasteiger charge is 2.00. The summed E-state index contributed by atoms with van der Waals surface area (Å²) in [6, 6.07) is 5.25. The van der Waals surface area contributed by atoms with Gasteiger partial charge in [-0.2, -0.15) is 5.10 Å². The van der Waals surface area contributed by atoms with Gasteiger partial charge < -0.3 is 5.01 Å². The molecule has 84 valence electrons. The van der Waals surface area contributed by atoms with Crippen LogP contribution in [-0.4, -0.2) is 35.6 Å².